The zero-order valence-electron chi connectivity index (χ0n) is 8.55. The van der Waals surface area contributed by atoms with Crippen LogP contribution in [0.4, 0.5) is 0 Å². The van der Waals surface area contributed by atoms with E-state index in [0.29, 0.717) is 0 Å². The topological polar surface area (TPSA) is 9.23 Å². The van der Waals surface area contributed by atoms with E-state index >= 15 is 0 Å². The molecule has 2 rings (SSSR count). The lowest BCUT2D eigenvalue weighted by atomic mass is 9.86. The average Bonchev–Trinajstić information content (AvgIpc) is 2.43. The van der Waals surface area contributed by atoms with Gasteiger partial charge in [-0.15, -0.1) is 0 Å². The standard InChI is InChI=1S/C12H16O/c1-4-9-6-5-7-10-11(9)13-8-12(10,2)3/h5-7H,4,8H2,1-3H3. The molecular formula is C12H16O. The van der Waals surface area contributed by atoms with E-state index < -0.39 is 0 Å². The molecule has 0 saturated heterocycles. The Morgan fingerprint density at radius 3 is 2.85 bits per heavy atom. The summed E-state index contributed by atoms with van der Waals surface area (Å²) >= 11 is 0. The first-order valence-electron chi connectivity index (χ1n) is 4.90. The first-order chi connectivity index (χ1) is 6.15. The third-order valence-electron chi connectivity index (χ3n) is 2.78. The third kappa shape index (κ3) is 1.23. The van der Waals surface area contributed by atoms with Gasteiger partial charge in [0.25, 0.3) is 0 Å². The Labute approximate surface area is 79.7 Å². The third-order valence-corrected chi connectivity index (χ3v) is 2.78. The van der Waals surface area contributed by atoms with Crippen molar-refractivity contribution < 1.29 is 4.74 Å². The normalized spacial score (nSPS) is 18.1. The molecule has 1 heterocycles. The van der Waals surface area contributed by atoms with Crippen molar-refractivity contribution in [3.63, 3.8) is 0 Å². The van der Waals surface area contributed by atoms with Crippen LogP contribution in [-0.2, 0) is 11.8 Å². The minimum Gasteiger partial charge on any atom is -0.492 e. The van der Waals surface area contributed by atoms with E-state index in [1.54, 1.807) is 0 Å². The molecule has 13 heavy (non-hydrogen) atoms. The highest BCUT2D eigenvalue weighted by Gasteiger charge is 2.32. The molecule has 0 amide bonds. The van der Waals surface area contributed by atoms with E-state index in [1.165, 1.54) is 11.1 Å². The van der Waals surface area contributed by atoms with Gasteiger partial charge in [0.1, 0.15) is 5.75 Å². The van der Waals surface area contributed by atoms with Gasteiger partial charge in [0.2, 0.25) is 0 Å². The summed E-state index contributed by atoms with van der Waals surface area (Å²) in [5, 5.41) is 0. The van der Waals surface area contributed by atoms with Gasteiger partial charge in [0.05, 0.1) is 6.61 Å². The van der Waals surface area contributed by atoms with Gasteiger partial charge in [-0.2, -0.15) is 0 Å². The Hall–Kier alpha value is -0.980. The fraction of sp³-hybridized carbons (Fsp3) is 0.500. The predicted octanol–water partition coefficient (Wildman–Crippen LogP) is 2.92. The van der Waals surface area contributed by atoms with Gasteiger partial charge < -0.3 is 4.74 Å². The summed E-state index contributed by atoms with van der Waals surface area (Å²) in [5.41, 5.74) is 2.90. The molecule has 0 spiro atoms. The lowest BCUT2D eigenvalue weighted by molar-refractivity contribution is 0.289. The van der Waals surface area contributed by atoms with E-state index in [2.05, 4.69) is 39.0 Å². The van der Waals surface area contributed by atoms with Gasteiger partial charge in [0, 0.05) is 11.0 Å². The number of fused-ring (bicyclic) bond motifs is 1. The maximum Gasteiger partial charge on any atom is 0.126 e. The highest BCUT2D eigenvalue weighted by atomic mass is 16.5. The second-order valence-corrected chi connectivity index (χ2v) is 4.32. The molecule has 0 atom stereocenters. The molecule has 70 valence electrons. The summed E-state index contributed by atoms with van der Waals surface area (Å²) < 4.78 is 5.74. The number of hydrogen-bond donors (Lipinski definition) is 0. The molecule has 0 radical (unpaired) electrons. The summed E-state index contributed by atoms with van der Waals surface area (Å²) in [6.07, 6.45) is 1.05. The molecule has 0 saturated carbocycles. The van der Waals surface area contributed by atoms with E-state index in [9.17, 15) is 0 Å². The molecule has 0 N–H and O–H groups in total. The fourth-order valence-corrected chi connectivity index (χ4v) is 1.90. The van der Waals surface area contributed by atoms with Crippen molar-refractivity contribution in [2.45, 2.75) is 32.6 Å². The Kier molecular flexibility index (Phi) is 1.83. The Bertz CT molecular complexity index is 326. The van der Waals surface area contributed by atoms with Crippen molar-refractivity contribution in [3.05, 3.63) is 29.3 Å². The lowest BCUT2D eigenvalue weighted by Gasteiger charge is -2.14. The molecule has 0 fully saturated rings. The second kappa shape index (κ2) is 2.76. The summed E-state index contributed by atoms with van der Waals surface area (Å²) in [6.45, 7) is 7.46. The Balaban J connectivity index is 2.56. The van der Waals surface area contributed by atoms with Crippen molar-refractivity contribution in [1.82, 2.24) is 0 Å². The molecule has 1 aliphatic heterocycles. The molecule has 1 heteroatoms. The Morgan fingerprint density at radius 2 is 2.15 bits per heavy atom. The van der Waals surface area contributed by atoms with Crippen LogP contribution in [0.5, 0.6) is 5.75 Å². The van der Waals surface area contributed by atoms with E-state index in [1.807, 2.05) is 0 Å². The van der Waals surface area contributed by atoms with Crippen molar-refractivity contribution in [2.24, 2.45) is 0 Å². The molecule has 1 aromatic rings. The number of hydrogen-bond acceptors (Lipinski definition) is 1. The predicted molar refractivity (Wildman–Crippen MR) is 54.3 cm³/mol. The van der Waals surface area contributed by atoms with Crippen molar-refractivity contribution in [3.8, 4) is 5.75 Å². The molecule has 0 aromatic heterocycles. The molecule has 0 bridgehead atoms. The molecule has 0 unspecified atom stereocenters. The molecule has 1 aliphatic rings. The van der Waals surface area contributed by atoms with Gasteiger partial charge in [-0.05, 0) is 12.0 Å². The molecule has 1 aromatic carbocycles. The number of ether oxygens (including phenoxy) is 1. The van der Waals surface area contributed by atoms with Crippen LogP contribution in [-0.4, -0.2) is 6.61 Å². The fourth-order valence-electron chi connectivity index (χ4n) is 1.90. The molecule has 0 aliphatic carbocycles. The maximum absolute atomic E-state index is 5.74. The number of para-hydroxylation sites is 1. The highest BCUT2D eigenvalue weighted by Crippen LogP contribution is 2.40. The monoisotopic (exact) mass is 176 g/mol. The second-order valence-electron chi connectivity index (χ2n) is 4.32. The van der Waals surface area contributed by atoms with Crippen LogP contribution in [0.2, 0.25) is 0 Å². The number of benzene rings is 1. The van der Waals surface area contributed by atoms with Crippen LogP contribution in [0.3, 0.4) is 0 Å². The summed E-state index contributed by atoms with van der Waals surface area (Å²) in [6, 6.07) is 6.47. The smallest absolute Gasteiger partial charge is 0.126 e. The van der Waals surface area contributed by atoms with Crippen molar-refractivity contribution in [2.75, 3.05) is 6.61 Å². The first kappa shape index (κ1) is 8.61. The van der Waals surface area contributed by atoms with Gasteiger partial charge in [-0.3, -0.25) is 0 Å². The summed E-state index contributed by atoms with van der Waals surface area (Å²) in [4.78, 5) is 0. The van der Waals surface area contributed by atoms with Gasteiger partial charge in [-0.1, -0.05) is 39.0 Å². The summed E-state index contributed by atoms with van der Waals surface area (Å²) in [7, 11) is 0. The first-order valence-corrected chi connectivity index (χ1v) is 4.90. The van der Waals surface area contributed by atoms with Crippen LogP contribution < -0.4 is 4.74 Å². The summed E-state index contributed by atoms with van der Waals surface area (Å²) in [5.74, 6) is 1.13. The highest BCUT2D eigenvalue weighted by molar-refractivity contribution is 5.48. The SMILES string of the molecule is CCc1cccc2c1OCC2(C)C. The van der Waals surface area contributed by atoms with Crippen LogP contribution in [0, 0.1) is 0 Å². The van der Waals surface area contributed by atoms with Crippen LogP contribution in [0.15, 0.2) is 18.2 Å². The minimum atomic E-state index is 0.195. The van der Waals surface area contributed by atoms with Crippen molar-refractivity contribution >= 4 is 0 Å². The average molecular weight is 176 g/mol. The quantitative estimate of drug-likeness (QED) is 0.639. The van der Waals surface area contributed by atoms with Crippen LogP contribution >= 0.6 is 0 Å². The van der Waals surface area contributed by atoms with Crippen molar-refractivity contribution in [1.29, 1.82) is 0 Å². The van der Waals surface area contributed by atoms with Gasteiger partial charge >= 0.3 is 0 Å². The zero-order valence-corrected chi connectivity index (χ0v) is 8.55. The molecule has 1 nitrogen and oxygen atoms in total. The zero-order chi connectivity index (χ0) is 9.47. The minimum absolute atomic E-state index is 0.195. The lowest BCUT2D eigenvalue weighted by Crippen LogP contribution is -2.18. The largest absolute Gasteiger partial charge is 0.492 e. The molecular weight excluding hydrogens is 160 g/mol. The van der Waals surface area contributed by atoms with Crippen LogP contribution in [0.25, 0.3) is 0 Å². The van der Waals surface area contributed by atoms with Gasteiger partial charge in [0.15, 0.2) is 0 Å². The van der Waals surface area contributed by atoms with E-state index in [0.717, 1.165) is 18.8 Å². The van der Waals surface area contributed by atoms with Gasteiger partial charge in [-0.25, -0.2) is 0 Å². The maximum atomic E-state index is 5.74. The van der Waals surface area contributed by atoms with Crippen LogP contribution in [0.1, 0.15) is 31.9 Å². The number of aryl methyl sites for hydroxylation is 1. The van der Waals surface area contributed by atoms with E-state index in [-0.39, 0.29) is 5.41 Å². The Morgan fingerprint density at radius 1 is 1.38 bits per heavy atom. The van der Waals surface area contributed by atoms with E-state index in [4.69, 9.17) is 4.74 Å². The number of rotatable bonds is 1.